The van der Waals surface area contributed by atoms with Gasteiger partial charge in [0.1, 0.15) is 5.82 Å². The van der Waals surface area contributed by atoms with Crippen molar-refractivity contribution in [2.45, 2.75) is 31.5 Å². The van der Waals surface area contributed by atoms with Crippen LogP contribution in [0.15, 0.2) is 24.3 Å². The largest absolute Gasteiger partial charge is 0.369 e. The summed E-state index contributed by atoms with van der Waals surface area (Å²) in [7, 11) is 0. The van der Waals surface area contributed by atoms with E-state index in [0.717, 1.165) is 41.9 Å². The van der Waals surface area contributed by atoms with E-state index in [9.17, 15) is 0 Å². The first-order valence-corrected chi connectivity index (χ1v) is 7.23. The van der Waals surface area contributed by atoms with Gasteiger partial charge in [-0.3, -0.25) is 0 Å². The van der Waals surface area contributed by atoms with Crippen molar-refractivity contribution in [3.8, 4) is 0 Å². The summed E-state index contributed by atoms with van der Waals surface area (Å²) in [6.45, 7) is 5.09. The van der Waals surface area contributed by atoms with E-state index in [1.165, 1.54) is 0 Å². The zero-order valence-corrected chi connectivity index (χ0v) is 12.4. The maximum Gasteiger partial charge on any atom is 0.148 e. The molecule has 0 aliphatic carbocycles. The minimum absolute atomic E-state index is 0.568. The number of para-hydroxylation sites is 2. The summed E-state index contributed by atoms with van der Waals surface area (Å²) in [6, 6.07) is 7.96. The number of hydrogen-bond acceptors (Lipinski definition) is 3. The Hall–Kier alpha value is -1.16. The van der Waals surface area contributed by atoms with E-state index >= 15 is 0 Å². The molecular formula is C14H18BrN3. The Kier molecular flexibility index (Phi) is 4.53. The van der Waals surface area contributed by atoms with Gasteiger partial charge in [-0.05, 0) is 31.9 Å². The molecule has 1 atom stereocenters. The first-order chi connectivity index (χ1) is 8.70. The number of fused-ring (bicyclic) bond motifs is 1. The molecule has 3 nitrogen and oxygen atoms in total. The summed E-state index contributed by atoms with van der Waals surface area (Å²) in [5.41, 5.74) is 2.85. The number of aryl methyl sites for hydroxylation is 1. The van der Waals surface area contributed by atoms with Crippen LogP contribution in [0, 0.1) is 6.92 Å². The van der Waals surface area contributed by atoms with Crippen molar-refractivity contribution in [1.29, 1.82) is 0 Å². The highest BCUT2D eigenvalue weighted by Crippen LogP contribution is 2.16. The molecule has 0 amide bonds. The Morgan fingerprint density at radius 3 is 2.56 bits per heavy atom. The molecule has 4 heteroatoms. The second-order valence-electron chi connectivity index (χ2n) is 4.37. The molecule has 0 aliphatic rings. The Bertz CT molecular complexity index is 527. The average Bonchev–Trinajstić information content (AvgIpc) is 2.39. The summed E-state index contributed by atoms with van der Waals surface area (Å²) < 4.78 is 0. The third kappa shape index (κ3) is 3.19. The second-order valence-corrected chi connectivity index (χ2v) is 5.66. The SMILES string of the molecule is CCC(Br)CCNc1nc2ccccc2nc1C. The van der Waals surface area contributed by atoms with Gasteiger partial charge in [-0.15, -0.1) is 0 Å². The van der Waals surface area contributed by atoms with Gasteiger partial charge >= 0.3 is 0 Å². The fourth-order valence-corrected chi connectivity index (χ4v) is 2.04. The lowest BCUT2D eigenvalue weighted by Crippen LogP contribution is -2.10. The predicted octanol–water partition coefficient (Wildman–Crippen LogP) is 3.91. The van der Waals surface area contributed by atoms with Crippen molar-refractivity contribution in [2.75, 3.05) is 11.9 Å². The standard InChI is InChI=1S/C14H18BrN3/c1-3-11(15)8-9-16-14-10(2)17-12-6-4-5-7-13(12)18-14/h4-7,11H,3,8-9H2,1-2H3,(H,16,18). The summed E-state index contributed by atoms with van der Waals surface area (Å²) in [5, 5.41) is 3.37. The van der Waals surface area contributed by atoms with Gasteiger partial charge < -0.3 is 5.32 Å². The highest BCUT2D eigenvalue weighted by molar-refractivity contribution is 9.09. The van der Waals surface area contributed by atoms with Gasteiger partial charge in [0.15, 0.2) is 0 Å². The molecule has 0 aliphatic heterocycles. The highest BCUT2D eigenvalue weighted by Gasteiger charge is 2.05. The maximum absolute atomic E-state index is 4.61. The monoisotopic (exact) mass is 307 g/mol. The van der Waals surface area contributed by atoms with Crippen LogP contribution < -0.4 is 5.32 Å². The third-order valence-corrected chi connectivity index (χ3v) is 4.04. The van der Waals surface area contributed by atoms with Gasteiger partial charge in [0.25, 0.3) is 0 Å². The molecule has 1 aromatic heterocycles. The number of alkyl halides is 1. The van der Waals surface area contributed by atoms with Crippen molar-refractivity contribution in [3.63, 3.8) is 0 Å². The van der Waals surface area contributed by atoms with Crippen molar-refractivity contribution in [2.24, 2.45) is 0 Å². The van der Waals surface area contributed by atoms with E-state index in [1.54, 1.807) is 0 Å². The van der Waals surface area contributed by atoms with Gasteiger partial charge in [0.05, 0.1) is 16.7 Å². The number of rotatable bonds is 5. The maximum atomic E-state index is 4.61. The molecule has 0 saturated carbocycles. The van der Waals surface area contributed by atoms with Crippen molar-refractivity contribution in [3.05, 3.63) is 30.0 Å². The van der Waals surface area contributed by atoms with Crippen LogP contribution in [-0.4, -0.2) is 21.3 Å². The zero-order valence-electron chi connectivity index (χ0n) is 10.8. The van der Waals surface area contributed by atoms with Crippen LogP contribution in [0.5, 0.6) is 0 Å². The molecule has 1 heterocycles. The topological polar surface area (TPSA) is 37.8 Å². The fourth-order valence-electron chi connectivity index (χ4n) is 1.81. The van der Waals surface area contributed by atoms with Crippen LogP contribution in [0.2, 0.25) is 0 Å². The number of hydrogen-bond donors (Lipinski definition) is 1. The third-order valence-electron chi connectivity index (χ3n) is 2.94. The molecule has 0 saturated heterocycles. The van der Waals surface area contributed by atoms with Gasteiger partial charge in [-0.2, -0.15) is 0 Å². The number of halogens is 1. The summed E-state index contributed by atoms with van der Waals surface area (Å²) in [5.74, 6) is 0.893. The Morgan fingerprint density at radius 2 is 1.89 bits per heavy atom. The first kappa shape index (κ1) is 13.3. The molecule has 1 unspecified atom stereocenters. The first-order valence-electron chi connectivity index (χ1n) is 6.32. The number of nitrogens with one attached hydrogen (secondary N) is 1. The lowest BCUT2D eigenvalue weighted by atomic mass is 10.2. The van der Waals surface area contributed by atoms with Gasteiger partial charge in [0.2, 0.25) is 0 Å². The van der Waals surface area contributed by atoms with E-state index in [1.807, 2.05) is 31.2 Å². The number of nitrogens with zero attached hydrogens (tertiary/aromatic N) is 2. The normalized spacial score (nSPS) is 12.6. The molecule has 0 spiro atoms. The number of anilines is 1. The Morgan fingerprint density at radius 1 is 1.22 bits per heavy atom. The van der Waals surface area contributed by atoms with Gasteiger partial charge in [0, 0.05) is 11.4 Å². The molecule has 1 N–H and O–H groups in total. The Labute approximate surface area is 116 Å². The zero-order chi connectivity index (χ0) is 13.0. The highest BCUT2D eigenvalue weighted by atomic mass is 79.9. The van der Waals surface area contributed by atoms with Gasteiger partial charge in [-0.25, -0.2) is 9.97 Å². The van der Waals surface area contributed by atoms with Crippen LogP contribution in [0.25, 0.3) is 11.0 Å². The van der Waals surface area contributed by atoms with Crippen LogP contribution in [0.1, 0.15) is 25.5 Å². The molecule has 0 fully saturated rings. The van der Waals surface area contributed by atoms with Crippen molar-refractivity contribution >= 4 is 32.8 Å². The van der Waals surface area contributed by atoms with E-state index in [4.69, 9.17) is 0 Å². The smallest absolute Gasteiger partial charge is 0.148 e. The summed E-state index contributed by atoms with van der Waals surface area (Å²) >= 11 is 3.63. The molecule has 0 bridgehead atoms. The van der Waals surface area contributed by atoms with Crippen LogP contribution in [-0.2, 0) is 0 Å². The van der Waals surface area contributed by atoms with Crippen LogP contribution in [0.3, 0.4) is 0 Å². The van der Waals surface area contributed by atoms with E-state index in [2.05, 4.69) is 38.1 Å². The van der Waals surface area contributed by atoms with Crippen LogP contribution >= 0.6 is 15.9 Å². The minimum Gasteiger partial charge on any atom is -0.369 e. The van der Waals surface area contributed by atoms with Gasteiger partial charge in [-0.1, -0.05) is 35.0 Å². The minimum atomic E-state index is 0.568. The number of aromatic nitrogens is 2. The molecule has 0 radical (unpaired) electrons. The summed E-state index contributed by atoms with van der Waals surface area (Å²) in [6.07, 6.45) is 2.23. The molecule has 1 aromatic carbocycles. The van der Waals surface area contributed by atoms with E-state index in [0.29, 0.717) is 4.83 Å². The molecular weight excluding hydrogens is 290 g/mol. The second kappa shape index (κ2) is 6.14. The summed E-state index contributed by atoms with van der Waals surface area (Å²) in [4.78, 5) is 9.73. The van der Waals surface area contributed by atoms with E-state index in [-0.39, 0.29) is 0 Å². The Balaban J connectivity index is 2.10. The average molecular weight is 308 g/mol. The molecule has 96 valence electrons. The number of benzene rings is 1. The lowest BCUT2D eigenvalue weighted by Gasteiger charge is -2.11. The van der Waals surface area contributed by atoms with Crippen LogP contribution in [0.4, 0.5) is 5.82 Å². The quantitative estimate of drug-likeness (QED) is 0.851. The molecule has 2 aromatic rings. The predicted molar refractivity (Wildman–Crippen MR) is 80.4 cm³/mol. The van der Waals surface area contributed by atoms with Crippen molar-refractivity contribution < 1.29 is 0 Å². The molecule has 2 rings (SSSR count). The molecule has 18 heavy (non-hydrogen) atoms. The lowest BCUT2D eigenvalue weighted by molar-refractivity contribution is 0.772. The van der Waals surface area contributed by atoms with Crippen molar-refractivity contribution in [1.82, 2.24) is 9.97 Å². The van der Waals surface area contributed by atoms with E-state index < -0.39 is 0 Å². The fraction of sp³-hybridized carbons (Fsp3) is 0.429.